The number of nitrogens with zero attached hydrogens (tertiary/aromatic N) is 2. The topological polar surface area (TPSA) is 80.4 Å². The van der Waals surface area contributed by atoms with Crippen LogP contribution >= 0.6 is 0 Å². The second-order valence-electron chi connectivity index (χ2n) is 5.38. The Morgan fingerprint density at radius 3 is 2.87 bits per heavy atom. The average molecular weight is 309 g/mol. The van der Waals surface area contributed by atoms with Crippen LogP contribution in [-0.2, 0) is 4.74 Å². The van der Waals surface area contributed by atoms with Crippen LogP contribution in [0.25, 0.3) is 17.0 Å². The minimum Gasteiger partial charge on any atom is -0.507 e. The van der Waals surface area contributed by atoms with Crippen LogP contribution in [0, 0.1) is 5.92 Å². The molecule has 1 aliphatic heterocycles. The van der Waals surface area contributed by atoms with Crippen LogP contribution in [0.3, 0.4) is 0 Å². The smallest absolute Gasteiger partial charge is 0.251 e. The highest BCUT2D eigenvalue weighted by atomic mass is 16.5. The Kier molecular flexibility index (Phi) is 3.15. The zero-order chi connectivity index (χ0) is 15.8. The number of nitrogens with one attached hydrogen (secondary N) is 1. The van der Waals surface area contributed by atoms with E-state index < -0.39 is 0 Å². The first-order valence-electron chi connectivity index (χ1n) is 7.28. The summed E-state index contributed by atoms with van der Waals surface area (Å²) < 4.78 is 11.1. The molecule has 0 radical (unpaired) electrons. The van der Waals surface area contributed by atoms with Crippen LogP contribution in [0.5, 0.6) is 5.75 Å². The van der Waals surface area contributed by atoms with Gasteiger partial charge in [0.1, 0.15) is 11.5 Å². The van der Waals surface area contributed by atoms with E-state index in [0.29, 0.717) is 17.3 Å². The number of hydrogen-bond donors (Lipinski definition) is 2. The number of phenolic OH excluding ortho intramolecular Hbond substituents is 1. The number of fused-ring (bicyclic) bond motifs is 1. The summed E-state index contributed by atoms with van der Waals surface area (Å²) in [7, 11) is 1.64. The molecule has 2 unspecified atom stereocenters. The highest BCUT2D eigenvalue weighted by Crippen LogP contribution is 2.36. The maximum absolute atomic E-state index is 9.90. The van der Waals surface area contributed by atoms with Crippen LogP contribution in [0.1, 0.15) is 5.89 Å². The molecule has 0 spiro atoms. The molecule has 116 valence electrons. The Morgan fingerprint density at radius 1 is 1.22 bits per heavy atom. The lowest BCUT2D eigenvalue weighted by Gasteiger charge is -2.19. The fourth-order valence-corrected chi connectivity index (χ4v) is 2.82. The van der Waals surface area contributed by atoms with Crippen molar-refractivity contribution in [2.75, 3.05) is 7.11 Å². The third kappa shape index (κ3) is 2.28. The summed E-state index contributed by atoms with van der Waals surface area (Å²) in [6.45, 7) is 0. The van der Waals surface area contributed by atoms with Gasteiger partial charge in [0.15, 0.2) is 0 Å². The van der Waals surface area contributed by atoms with E-state index in [0.717, 1.165) is 11.3 Å². The SMILES string of the molecule is COC1=CC2C(c3nnc(-c4ccccc4O)o3)=CNC2C=C1. The second kappa shape index (κ2) is 5.31. The Hall–Kier alpha value is -3.02. The number of aromatic hydroxyl groups is 1. The molecule has 2 N–H and O–H groups in total. The first-order chi connectivity index (χ1) is 11.3. The Labute approximate surface area is 132 Å². The van der Waals surface area contributed by atoms with Crippen LogP contribution < -0.4 is 5.32 Å². The number of ether oxygens (including phenoxy) is 1. The summed E-state index contributed by atoms with van der Waals surface area (Å²) in [6, 6.07) is 7.04. The van der Waals surface area contributed by atoms with Crippen LogP contribution in [-0.4, -0.2) is 28.5 Å². The number of benzene rings is 1. The standard InChI is InChI=1S/C17H15N3O3/c1-22-10-6-7-14-12(8-10)13(9-18-14)17-20-19-16(23-17)11-4-2-3-5-15(11)21/h2-9,12,14,18,21H,1H3. The number of aromatic nitrogens is 2. The highest BCUT2D eigenvalue weighted by Gasteiger charge is 2.33. The molecule has 0 saturated heterocycles. The predicted molar refractivity (Wildman–Crippen MR) is 84.0 cm³/mol. The second-order valence-corrected chi connectivity index (χ2v) is 5.38. The van der Waals surface area contributed by atoms with E-state index in [1.807, 2.05) is 30.5 Å². The molecule has 4 rings (SSSR count). The lowest BCUT2D eigenvalue weighted by Crippen LogP contribution is -2.26. The molecule has 1 aliphatic carbocycles. The van der Waals surface area contributed by atoms with Crippen molar-refractivity contribution in [3.63, 3.8) is 0 Å². The van der Waals surface area contributed by atoms with E-state index in [1.54, 1.807) is 25.3 Å². The third-order valence-corrected chi connectivity index (χ3v) is 4.03. The van der Waals surface area contributed by atoms with Crippen molar-refractivity contribution < 1.29 is 14.3 Å². The molecule has 0 saturated carbocycles. The maximum atomic E-state index is 9.90. The predicted octanol–water partition coefficient (Wildman–Crippen LogP) is 2.47. The van der Waals surface area contributed by atoms with Crippen LogP contribution in [0.15, 0.2) is 58.9 Å². The van der Waals surface area contributed by atoms with E-state index in [-0.39, 0.29) is 17.7 Å². The summed E-state index contributed by atoms with van der Waals surface area (Å²) in [4.78, 5) is 0. The first kappa shape index (κ1) is 13.6. The molecule has 2 atom stereocenters. The minimum atomic E-state index is 0.0765. The molecule has 6 heteroatoms. The largest absolute Gasteiger partial charge is 0.507 e. The van der Waals surface area contributed by atoms with Gasteiger partial charge >= 0.3 is 0 Å². The van der Waals surface area contributed by atoms with E-state index in [4.69, 9.17) is 9.15 Å². The summed E-state index contributed by atoms with van der Waals surface area (Å²) >= 11 is 0. The van der Waals surface area contributed by atoms with Gasteiger partial charge in [0.25, 0.3) is 5.89 Å². The van der Waals surface area contributed by atoms with Crippen molar-refractivity contribution >= 4 is 5.57 Å². The highest BCUT2D eigenvalue weighted by molar-refractivity contribution is 5.69. The number of rotatable bonds is 3. The molecule has 2 aromatic rings. The normalized spacial score (nSPS) is 22.1. The van der Waals surface area contributed by atoms with E-state index in [9.17, 15) is 5.11 Å². The lowest BCUT2D eigenvalue weighted by molar-refractivity contribution is 0.300. The number of phenols is 1. The van der Waals surface area contributed by atoms with Gasteiger partial charge in [-0.3, -0.25) is 0 Å². The Balaban J connectivity index is 1.67. The average Bonchev–Trinajstić information content (AvgIpc) is 3.21. The molecule has 0 bridgehead atoms. The molecule has 0 amide bonds. The van der Waals surface area contributed by atoms with Gasteiger partial charge < -0.3 is 19.6 Å². The molecule has 1 aromatic heterocycles. The monoisotopic (exact) mass is 309 g/mol. The third-order valence-electron chi connectivity index (χ3n) is 4.03. The van der Waals surface area contributed by atoms with Crippen LogP contribution in [0.2, 0.25) is 0 Å². The number of hydrogen-bond acceptors (Lipinski definition) is 6. The minimum absolute atomic E-state index is 0.0765. The molecular formula is C17H15N3O3. The summed E-state index contributed by atoms with van der Waals surface area (Å²) in [5, 5.41) is 21.4. The molecular weight excluding hydrogens is 294 g/mol. The zero-order valence-corrected chi connectivity index (χ0v) is 12.4. The van der Waals surface area contributed by atoms with E-state index >= 15 is 0 Å². The van der Waals surface area contributed by atoms with E-state index in [1.165, 1.54) is 0 Å². The first-order valence-corrected chi connectivity index (χ1v) is 7.28. The van der Waals surface area contributed by atoms with Gasteiger partial charge in [-0.15, -0.1) is 10.2 Å². The van der Waals surface area contributed by atoms with Gasteiger partial charge in [0, 0.05) is 17.7 Å². The van der Waals surface area contributed by atoms with Gasteiger partial charge in [-0.1, -0.05) is 18.2 Å². The Bertz CT molecular complexity index is 835. The number of methoxy groups -OCH3 is 1. The van der Waals surface area contributed by atoms with Gasteiger partial charge in [-0.05, 0) is 24.3 Å². The van der Waals surface area contributed by atoms with Crippen LogP contribution in [0.4, 0.5) is 0 Å². The Morgan fingerprint density at radius 2 is 2.04 bits per heavy atom. The lowest BCUT2D eigenvalue weighted by atomic mass is 9.90. The molecule has 6 nitrogen and oxygen atoms in total. The van der Waals surface area contributed by atoms with Crippen molar-refractivity contribution in [2.24, 2.45) is 5.92 Å². The number of para-hydroxylation sites is 1. The molecule has 0 fully saturated rings. The molecule has 23 heavy (non-hydrogen) atoms. The van der Waals surface area contributed by atoms with Crippen molar-refractivity contribution in [3.8, 4) is 17.2 Å². The maximum Gasteiger partial charge on any atom is 0.251 e. The fraction of sp³-hybridized carbons (Fsp3) is 0.176. The summed E-state index contributed by atoms with van der Waals surface area (Å²) in [5.74, 6) is 1.73. The van der Waals surface area contributed by atoms with E-state index in [2.05, 4.69) is 15.5 Å². The fourth-order valence-electron chi connectivity index (χ4n) is 2.82. The number of allylic oxidation sites excluding steroid dienone is 1. The van der Waals surface area contributed by atoms with Crippen molar-refractivity contribution in [1.82, 2.24) is 15.5 Å². The van der Waals surface area contributed by atoms with Crippen molar-refractivity contribution in [2.45, 2.75) is 6.04 Å². The van der Waals surface area contributed by atoms with Gasteiger partial charge in [-0.2, -0.15) is 0 Å². The molecule has 2 aliphatic rings. The van der Waals surface area contributed by atoms with Gasteiger partial charge in [-0.25, -0.2) is 0 Å². The zero-order valence-electron chi connectivity index (χ0n) is 12.4. The van der Waals surface area contributed by atoms with Gasteiger partial charge in [0.05, 0.1) is 18.7 Å². The van der Waals surface area contributed by atoms with Gasteiger partial charge in [0.2, 0.25) is 5.89 Å². The molecule has 1 aromatic carbocycles. The van der Waals surface area contributed by atoms with Crippen molar-refractivity contribution in [3.05, 3.63) is 60.3 Å². The summed E-state index contributed by atoms with van der Waals surface area (Å²) in [6.07, 6.45) is 7.90. The van der Waals surface area contributed by atoms with Crippen molar-refractivity contribution in [1.29, 1.82) is 0 Å². The summed E-state index contributed by atoms with van der Waals surface area (Å²) in [5.41, 5.74) is 1.43. The quantitative estimate of drug-likeness (QED) is 0.906. The molecule has 2 heterocycles.